The van der Waals surface area contributed by atoms with Gasteiger partial charge in [-0.2, -0.15) is 0 Å². The predicted octanol–water partition coefficient (Wildman–Crippen LogP) is 5.88. The van der Waals surface area contributed by atoms with Crippen LogP contribution in [0.1, 0.15) is 27.0 Å². The Labute approximate surface area is 158 Å². The molecule has 0 aliphatic rings. The van der Waals surface area contributed by atoms with Gasteiger partial charge in [0, 0.05) is 10.7 Å². The van der Waals surface area contributed by atoms with Crippen molar-refractivity contribution in [3.05, 3.63) is 94.0 Å². The molecule has 0 heterocycles. The molecular weight excluding hydrogens is 346 g/mol. The fourth-order valence-electron chi connectivity index (χ4n) is 2.77. The topological polar surface area (TPSA) is 49.3 Å². The van der Waals surface area contributed by atoms with E-state index in [4.69, 9.17) is 11.6 Å². The largest absolute Gasteiger partial charge is 0.478 e. The van der Waals surface area contributed by atoms with Crippen molar-refractivity contribution in [1.82, 2.24) is 0 Å². The molecule has 132 valence electrons. The fourth-order valence-corrected chi connectivity index (χ4v) is 2.97. The number of hydrogen-bond donors (Lipinski definition) is 2. The quantitative estimate of drug-likeness (QED) is 0.573. The van der Waals surface area contributed by atoms with Gasteiger partial charge in [0.2, 0.25) is 0 Å². The maximum atomic E-state index is 11.3. The van der Waals surface area contributed by atoms with E-state index in [1.165, 1.54) is 11.1 Å². The molecule has 0 amide bonds. The average Bonchev–Trinajstić information content (AvgIpc) is 2.64. The van der Waals surface area contributed by atoms with Crippen LogP contribution in [0.15, 0.2) is 66.7 Å². The molecule has 3 nitrogen and oxygen atoms in total. The maximum absolute atomic E-state index is 11.3. The maximum Gasteiger partial charge on any atom is 0.337 e. The van der Waals surface area contributed by atoms with Crippen LogP contribution in [0.2, 0.25) is 5.02 Å². The van der Waals surface area contributed by atoms with Crippen molar-refractivity contribution in [2.24, 2.45) is 0 Å². The first-order valence-electron chi connectivity index (χ1n) is 8.46. The number of nitrogens with one attached hydrogen (secondary N) is 1. The molecule has 0 spiro atoms. The summed E-state index contributed by atoms with van der Waals surface area (Å²) >= 11 is 6.18. The first kappa shape index (κ1) is 18.0. The summed E-state index contributed by atoms with van der Waals surface area (Å²) in [6, 6.07) is 21.1. The number of aromatic carboxylic acids is 1. The lowest BCUT2D eigenvalue weighted by Crippen LogP contribution is -2.02. The molecule has 4 heteroatoms. The van der Waals surface area contributed by atoms with E-state index < -0.39 is 5.97 Å². The fraction of sp³-hybridized carbons (Fsp3) is 0.136. The summed E-state index contributed by atoms with van der Waals surface area (Å²) in [5, 5.41) is 13.2. The van der Waals surface area contributed by atoms with Gasteiger partial charge in [0.25, 0.3) is 0 Å². The van der Waals surface area contributed by atoms with Crippen molar-refractivity contribution in [3.8, 4) is 0 Å². The summed E-state index contributed by atoms with van der Waals surface area (Å²) in [5.74, 6) is -0.943. The van der Waals surface area contributed by atoms with Gasteiger partial charge in [0.15, 0.2) is 0 Å². The van der Waals surface area contributed by atoms with Crippen molar-refractivity contribution >= 4 is 28.9 Å². The number of para-hydroxylation sites is 1. The van der Waals surface area contributed by atoms with Crippen molar-refractivity contribution in [2.75, 3.05) is 5.32 Å². The zero-order chi connectivity index (χ0) is 18.5. The Morgan fingerprint density at radius 2 is 1.62 bits per heavy atom. The molecule has 0 aromatic heterocycles. The van der Waals surface area contributed by atoms with Crippen LogP contribution in [0, 0.1) is 6.92 Å². The van der Waals surface area contributed by atoms with Crippen molar-refractivity contribution in [2.45, 2.75) is 19.8 Å². The van der Waals surface area contributed by atoms with Crippen LogP contribution in [0.5, 0.6) is 0 Å². The number of carboxylic acid groups (broad SMARTS) is 1. The highest BCUT2D eigenvalue weighted by atomic mass is 35.5. The van der Waals surface area contributed by atoms with Gasteiger partial charge in [-0.1, -0.05) is 48.0 Å². The summed E-state index contributed by atoms with van der Waals surface area (Å²) in [7, 11) is 0. The van der Waals surface area contributed by atoms with E-state index >= 15 is 0 Å². The van der Waals surface area contributed by atoms with Crippen LogP contribution < -0.4 is 5.32 Å². The van der Waals surface area contributed by atoms with E-state index in [1.54, 1.807) is 18.2 Å². The Balaban J connectivity index is 1.65. The molecule has 0 fully saturated rings. The van der Waals surface area contributed by atoms with Crippen LogP contribution in [0.25, 0.3) is 0 Å². The molecule has 3 rings (SSSR count). The summed E-state index contributed by atoms with van der Waals surface area (Å²) < 4.78 is 0. The van der Waals surface area contributed by atoms with Crippen molar-refractivity contribution in [3.63, 3.8) is 0 Å². The number of carbonyl (C=O) groups is 1. The second kappa shape index (κ2) is 8.07. The monoisotopic (exact) mass is 365 g/mol. The van der Waals surface area contributed by atoms with Gasteiger partial charge < -0.3 is 10.4 Å². The number of halogens is 1. The molecule has 0 aliphatic heterocycles. The number of benzene rings is 3. The number of hydrogen-bond acceptors (Lipinski definition) is 2. The Kier molecular flexibility index (Phi) is 5.59. The smallest absolute Gasteiger partial charge is 0.337 e. The third kappa shape index (κ3) is 4.44. The summed E-state index contributed by atoms with van der Waals surface area (Å²) in [4.78, 5) is 11.3. The Morgan fingerprint density at radius 1 is 0.962 bits per heavy atom. The molecular formula is C22H20ClNO2. The summed E-state index contributed by atoms with van der Waals surface area (Å²) in [5.41, 5.74) is 5.24. The minimum Gasteiger partial charge on any atom is -0.478 e. The highest BCUT2D eigenvalue weighted by Gasteiger charge is 2.08. The molecule has 0 saturated heterocycles. The Bertz CT molecular complexity index is 920. The molecule has 0 bridgehead atoms. The first-order chi connectivity index (χ1) is 12.5. The van der Waals surface area contributed by atoms with E-state index in [2.05, 4.69) is 23.5 Å². The van der Waals surface area contributed by atoms with Crippen LogP contribution in [-0.4, -0.2) is 11.1 Å². The molecule has 0 saturated carbocycles. The highest BCUT2D eigenvalue weighted by Crippen LogP contribution is 2.22. The molecule has 0 atom stereocenters. The third-order valence-corrected chi connectivity index (χ3v) is 4.74. The number of rotatable bonds is 6. The number of anilines is 2. The van der Waals surface area contributed by atoms with Gasteiger partial charge in [0.1, 0.15) is 0 Å². The zero-order valence-electron chi connectivity index (χ0n) is 14.5. The van der Waals surface area contributed by atoms with Crippen molar-refractivity contribution in [1.29, 1.82) is 0 Å². The van der Waals surface area contributed by atoms with Crippen LogP contribution in [0.3, 0.4) is 0 Å². The van der Waals surface area contributed by atoms with Gasteiger partial charge >= 0.3 is 5.97 Å². The summed E-state index contributed by atoms with van der Waals surface area (Å²) in [6.07, 6.45) is 1.85. The molecule has 3 aromatic carbocycles. The van der Waals surface area contributed by atoms with Gasteiger partial charge in [-0.15, -0.1) is 0 Å². The van der Waals surface area contributed by atoms with E-state index in [0.29, 0.717) is 5.69 Å². The second-order valence-electron chi connectivity index (χ2n) is 6.26. The highest BCUT2D eigenvalue weighted by molar-refractivity contribution is 6.31. The van der Waals surface area contributed by atoms with Gasteiger partial charge in [-0.3, -0.25) is 0 Å². The summed E-state index contributed by atoms with van der Waals surface area (Å²) in [6.45, 7) is 2.00. The van der Waals surface area contributed by atoms with E-state index in [0.717, 1.165) is 29.1 Å². The lowest BCUT2D eigenvalue weighted by molar-refractivity contribution is 0.0698. The first-order valence-corrected chi connectivity index (χ1v) is 8.84. The second-order valence-corrected chi connectivity index (χ2v) is 6.66. The molecule has 2 N–H and O–H groups in total. The van der Waals surface area contributed by atoms with E-state index in [1.807, 2.05) is 37.3 Å². The zero-order valence-corrected chi connectivity index (χ0v) is 15.3. The molecule has 0 radical (unpaired) electrons. The third-order valence-electron chi connectivity index (χ3n) is 4.33. The molecule has 0 aliphatic carbocycles. The van der Waals surface area contributed by atoms with Crippen LogP contribution >= 0.6 is 11.6 Å². The molecule has 3 aromatic rings. The van der Waals surface area contributed by atoms with Crippen LogP contribution in [-0.2, 0) is 12.8 Å². The van der Waals surface area contributed by atoms with Gasteiger partial charge in [-0.25, -0.2) is 4.79 Å². The molecule has 0 unspecified atom stereocenters. The lowest BCUT2D eigenvalue weighted by Gasteiger charge is -2.10. The minimum atomic E-state index is -0.943. The molecule has 26 heavy (non-hydrogen) atoms. The standard InChI is InChI=1S/C22H20ClNO2/c1-15-6-7-17(14-20(15)23)9-8-16-10-12-18(13-11-16)24-21-5-3-2-4-19(21)22(25)26/h2-7,10-14,24H,8-9H2,1H3,(H,25,26). The Hall–Kier alpha value is -2.78. The van der Waals surface area contributed by atoms with Gasteiger partial charge in [-0.05, 0) is 66.8 Å². The SMILES string of the molecule is Cc1ccc(CCc2ccc(Nc3ccccc3C(=O)O)cc2)cc1Cl. The lowest BCUT2D eigenvalue weighted by atomic mass is 10.0. The van der Waals surface area contributed by atoms with E-state index in [9.17, 15) is 9.90 Å². The number of carboxylic acids is 1. The van der Waals surface area contributed by atoms with Crippen molar-refractivity contribution < 1.29 is 9.90 Å². The number of aryl methyl sites for hydroxylation is 3. The minimum absolute atomic E-state index is 0.257. The van der Waals surface area contributed by atoms with E-state index in [-0.39, 0.29) is 5.56 Å². The van der Waals surface area contributed by atoms with Gasteiger partial charge in [0.05, 0.1) is 11.3 Å². The average molecular weight is 366 g/mol. The Morgan fingerprint density at radius 3 is 2.31 bits per heavy atom. The normalized spacial score (nSPS) is 10.5. The van der Waals surface area contributed by atoms with Crippen LogP contribution in [0.4, 0.5) is 11.4 Å². The predicted molar refractivity (Wildman–Crippen MR) is 107 cm³/mol.